The molecule has 76 valence electrons. The molecular formula is C2Au2N2O6. The summed E-state index contributed by atoms with van der Waals surface area (Å²) < 4.78 is 0. The Kier molecular flexibility index (Phi) is 21.3. The van der Waals surface area contributed by atoms with Crippen LogP contribution in [0.3, 0.4) is 0 Å². The van der Waals surface area contributed by atoms with E-state index >= 15 is 0 Å². The number of hydrogen-bond donors (Lipinski definition) is 0. The molecule has 0 aromatic rings. The fourth-order valence-electron chi connectivity index (χ4n) is 0. The van der Waals surface area contributed by atoms with E-state index < -0.39 is 11.9 Å². The molecule has 8 nitrogen and oxygen atoms in total. The van der Waals surface area contributed by atoms with Crippen molar-refractivity contribution in [3.8, 4) is 0 Å². The first-order valence-corrected chi connectivity index (χ1v) is 1.47. The van der Waals surface area contributed by atoms with Crippen molar-refractivity contribution in [2.24, 2.45) is 0 Å². The second-order valence-electron chi connectivity index (χ2n) is 1.11. The molecule has 0 fully saturated rings. The molecular weight excluding hydrogens is 542 g/mol. The van der Waals surface area contributed by atoms with Gasteiger partial charge in [0.1, 0.15) is 0 Å². The third-order valence-corrected chi connectivity index (χ3v) is 0.375. The first-order valence-electron chi connectivity index (χ1n) is 1.47. The predicted molar refractivity (Wildman–Crippen MR) is 9.73 cm³/mol. The molecule has 0 aliphatic rings. The second-order valence-corrected chi connectivity index (χ2v) is 1.11. The maximum atomic E-state index is 9.08. The van der Waals surface area contributed by atoms with E-state index in [4.69, 9.17) is 30.6 Å². The standard InChI is InChI=1S/C2O6.2Au.2N/c3-1(4,5)2(6,7)8;;;;/q-6;2*+3;;. The second kappa shape index (κ2) is 8.75. The van der Waals surface area contributed by atoms with E-state index in [0.717, 1.165) is 0 Å². The van der Waals surface area contributed by atoms with Gasteiger partial charge in [-0.05, 0) is 0 Å². The molecule has 12 heavy (non-hydrogen) atoms. The summed E-state index contributed by atoms with van der Waals surface area (Å²) >= 11 is 0. The Labute approximate surface area is 99.4 Å². The Morgan fingerprint density at radius 1 is 0.500 bits per heavy atom. The quantitative estimate of drug-likeness (QED) is 0.233. The van der Waals surface area contributed by atoms with Crippen molar-refractivity contribution < 1.29 is 75.4 Å². The maximum absolute atomic E-state index is 9.08. The number of hydrogen-bond acceptors (Lipinski definition) is 6. The smallest absolute Gasteiger partial charge is 0.879 e. The molecule has 0 bridgehead atoms. The van der Waals surface area contributed by atoms with E-state index in [0.29, 0.717) is 0 Å². The van der Waals surface area contributed by atoms with Crippen LogP contribution in [0.5, 0.6) is 0 Å². The normalized spacial score (nSPS) is 9.50. The molecule has 0 rings (SSSR count). The number of nitrogens with zero attached hydrogens (tertiary/aromatic N) is 2. The summed E-state index contributed by atoms with van der Waals surface area (Å²) in [5.74, 6) is -9.96. The van der Waals surface area contributed by atoms with Gasteiger partial charge in [-0.2, -0.15) is 0 Å². The Morgan fingerprint density at radius 2 is 0.583 bits per heavy atom. The molecule has 0 aromatic carbocycles. The summed E-state index contributed by atoms with van der Waals surface area (Å²) in [6.45, 7) is 0. The van der Waals surface area contributed by atoms with Crippen LogP contribution in [0.1, 0.15) is 0 Å². The van der Waals surface area contributed by atoms with Crippen molar-refractivity contribution in [3.05, 3.63) is 0 Å². The van der Waals surface area contributed by atoms with E-state index in [1.165, 1.54) is 0 Å². The Morgan fingerprint density at radius 3 is 0.583 bits per heavy atom. The fraction of sp³-hybridized carbons (Fsp3) is 1.00. The Balaban J connectivity index is -0.0000000408. The minimum Gasteiger partial charge on any atom is -0.879 e. The van der Waals surface area contributed by atoms with E-state index in [2.05, 4.69) is 0 Å². The van der Waals surface area contributed by atoms with Crippen LogP contribution in [0.4, 0.5) is 0 Å². The average Bonchev–Trinajstić information content (AvgIpc) is 1.25. The van der Waals surface area contributed by atoms with Crippen molar-refractivity contribution in [3.63, 3.8) is 0 Å². The molecule has 0 aliphatic carbocycles. The largest absolute Gasteiger partial charge is 3.00 e. The first-order chi connectivity index (χ1) is 3.25. The summed E-state index contributed by atoms with van der Waals surface area (Å²) in [7, 11) is 0. The predicted octanol–water partition coefficient (Wildman–Crippen LogP) is -8.51. The van der Waals surface area contributed by atoms with Gasteiger partial charge in [0.05, 0.1) is 0 Å². The topological polar surface area (TPSA) is 199 Å². The van der Waals surface area contributed by atoms with Crippen LogP contribution < -0.4 is 42.9 Å². The molecule has 6 radical (unpaired) electrons. The SMILES string of the molecule is [Au+3].[Au+3].[N].[N].[O-]C([O-])([O-])C([O-])([O-])[O-]. The molecule has 0 aromatic heterocycles. The molecule has 0 amide bonds. The summed E-state index contributed by atoms with van der Waals surface area (Å²) in [4.78, 5) is 0. The Hall–Kier alpha value is 1.16. The zero-order valence-corrected chi connectivity index (χ0v) is 9.28. The maximum Gasteiger partial charge on any atom is 3.00 e. The van der Waals surface area contributed by atoms with Crippen LogP contribution in [0.25, 0.3) is 0 Å². The van der Waals surface area contributed by atoms with Crippen molar-refractivity contribution in [2.75, 3.05) is 0 Å². The zero-order chi connectivity index (χ0) is 7.00. The van der Waals surface area contributed by atoms with E-state index in [-0.39, 0.29) is 57.1 Å². The summed E-state index contributed by atoms with van der Waals surface area (Å²) in [5, 5.41) is 54.5. The average molecular weight is 542 g/mol. The number of rotatable bonds is 1. The summed E-state index contributed by atoms with van der Waals surface area (Å²) in [6.07, 6.45) is 0. The molecule has 10 heteroatoms. The van der Waals surface area contributed by atoms with Gasteiger partial charge in [0.15, 0.2) is 0 Å². The van der Waals surface area contributed by atoms with Crippen LogP contribution >= 0.6 is 0 Å². The molecule has 0 atom stereocenters. The van der Waals surface area contributed by atoms with Crippen LogP contribution in [-0.2, 0) is 44.8 Å². The van der Waals surface area contributed by atoms with E-state index in [9.17, 15) is 0 Å². The molecule has 0 spiro atoms. The van der Waals surface area contributed by atoms with Gasteiger partial charge in [-0.1, -0.05) is 0 Å². The van der Waals surface area contributed by atoms with Crippen LogP contribution in [-0.4, -0.2) is 11.9 Å². The summed E-state index contributed by atoms with van der Waals surface area (Å²) in [5.41, 5.74) is 0. The zero-order valence-electron chi connectivity index (χ0n) is 4.95. The van der Waals surface area contributed by atoms with Gasteiger partial charge in [-0.3, -0.25) is 0 Å². The third kappa shape index (κ3) is 11.2. The van der Waals surface area contributed by atoms with Gasteiger partial charge in [-0.25, -0.2) is 0 Å². The van der Waals surface area contributed by atoms with Gasteiger partial charge >= 0.3 is 44.8 Å². The fourth-order valence-corrected chi connectivity index (χ4v) is 0. The van der Waals surface area contributed by atoms with Crippen molar-refractivity contribution in [1.82, 2.24) is 12.3 Å². The summed E-state index contributed by atoms with van der Waals surface area (Å²) in [6, 6.07) is 0. The van der Waals surface area contributed by atoms with Gasteiger partial charge in [0.2, 0.25) is 0 Å². The van der Waals surface area contributed by atoms with Crippen molar-refractivity contribution in [1.29, 1.82) is 0 Å². The molecule has 0 saturated heterocycles. The van der Waals surface area contributed by atoms with Gasteiger partial charge < -0.3 is 42.6 Å². The molecule has 0 N–H and O–H groups in total. The Bertz CT molecular complexity index is 76.5. The van der Waals surface area contributed by atoms with Gasteiger partial charge in [0.25, 0.3) is 0 Å². The molecule has 0 saturated carbocycles. The molecule has 0 aliphatic heterocycles. The first kappa shape index (κ1) is 29.2. The van der Waals surface area contributed by atoms with Crippen LogP contribution in [0, 0.1) is 0 Å². The van der Waals surface area contributed by atoms with Gasteiger partial charge in [0, 0.05) is 12.3 Å². The minimum absolute atomic E-state index is 0. The van der Waals surface area contributed by atoms with Crippen LogP contribution in [0.2, 0.25) is 0 Å². The van der Waals surface area contributed by atoms with Crippen LogP contribution in [0.15, 0.2) is 0 Å². The van der Waals surface area contributed by atoms with E-state index in [1.54, 1.807) is 0 Å². The third-order valence-electron chi connectivity index (χ3n) is 0.375. The van der Waals surface area contributed by atoms with Crippen molar-refractivity contribution >= 4 is 0 Å². The van der Waals surface area contributed by atoms with Crippen molar-refractivity contribution in [2.45, 2.75) is 11.9 Å². The van der Waals surface area contributed by atoms with Gasteiger partial charge in [-0.15, -0.1) is 0 Å². The monoisotopic (exact) mass is 542 g/mol. The molecule has 0 heterocycles. The minimum atomic E-state index is -4.98. The molecule has 0 unspecified atom stereocenters. The van der Waals surface area contributed by atoms with E-state index in [1.807, 2.05) is 0 Å².